The fourth-order valence-electron chi connectivity index (χ4n) is 2.30. The van der Waals surface area contributed by atoms with Crippen molar-refractivity contribution in [3.05, 3.63) is 33.3 Å². The van der Waals surface area contributed by atoms with Gasteiger partial charge in [0.25, 0.3) is 5.69 Å². The topological polar surface area (TPSA) is 74.0 Å². The van der Waals surface area contributed by atoms with Crippen LogP contribution in [0.25, 0.3) is 0 Å². The Hall–Kier alpha value is -1.42. The summed E-state index contributed by atoms with van der Waals surface area (Å²) in [5.41, 5.74) is 0.445. The van der Waals surface area contributed by atoms with Crippen molar-refractivity contribution in [1.29, 1.82) is 0 Å². The van der Waals surface area contributed by atoms with Gasteiger partial charge in [0.2, 0.25) is 0 Å². The molecule has 7 nitrogen and oxygen atoms in total. The zero-order valence-electron chi connectivity index (χ0n) is 14.1. The normalized spacial score (nSPS) is 15.8. The van der Waals surface area contributed by atoms with Crippen LogP contribution in [0.1, 0.15) is 6.42 Å². The van der Waals surface area contributed by atoms with Crippen LogP contribution in [0.2, 0.25) is 5.02 Å². The molecule has 0 saturated carbocycles. The average Bonchev–Trinajstić information content (AvgIpc) is 2.99. The molecule has 1 fully saturated rings. The number of nitro groups is 1. The quantitative estimate of drug-likeness (QED) is 0.340. The second kappa shape index (κ2) is 9.33. The summed E-state index contributed by atoms with van der Waals surface area (Å²) in [5.74, 6) is 0.783. The summed E-state index contributed by atoms with van der Waals surface area (Å²) >= 11 is 12.8. The van der Waals surface area contributed by atoms with Gasteiger partial charge in [-0.3, -0.25) is 10.1 Å². The van der Waals surface area contributed by atoms with Gasteiger partial charge >= 0.3 is 0 Å². The van der Waals surface area contributed by atoms with Crippen LogP contribution in [0.5, 0.6) is 0 Å². The molecule has 2 rings (SSSR count). The molecule has 1 heterocycles. The number of thioether (sulfide) groups is 1. The van der Waals surface area contributed by atoms with Gasteiger partial charge in [-0.1, -0.05) is 23.4 Å². The molecule has 25 heavy (non-hydrogen) atoms. The molecule has 0 bridgehead atoms. The number of aliphatic imine (C=N–C) groups is 1. The van der Waals surface area contributed by atoms with Crippen molar-refractivity contribution in [2.45, 2.75) is 6.42 Å². The number of amidine groups is 1. The largest absolute Gasteiger partial charge is 0.361 e. The molecule has 1 saturated heterocycles. The van der Waals surface area contributed by atoms with E-state index in [0.29, 0.717) is 27.5 Å². The molecule has 136 valence electrons. The Morgan fingerprint density at radius 1 is 1.56 bits per heavy atom. The Morgan fingerprint density at radius 3 is 3.00 bits per heavy atom. The molecular weight excluding hydrogens is 382 g/mol. The molecule has 1 N–H and O–H groups in total. The number of anilines is 1. The fourth-order valence-corrected chi connectivity index (χ4v) is 3.67. The smallest absolute Gasteiger partial charge is 0.293 e. The maximum Gasteiger partial charge on any atom is 0.293 e. The van der Waals surface area contributed by atoms with E-state index in [1.807, 2.05) is 14.1 Å². The third kappa shape index (κ3) is 5.81. The summed E-state index contributed by atoms with van der Waals surface area (Å²) in [5, 5.41) is 15.9. The van der Waals surface area contributed by atoms with Crippen LogP contribution in [0.3, 0.4) is 0 Å². The Bertz CT molecular complexity index is 684. The highest BCUT2D eigenvalue weighted by atomic mass is 35.5. The van der Waals surface area contributed by atoms with Gasteiger partial charge in [0.15, 0.2) is 10.3 Å². The Balaban J connectivity index is 2.11. The van der Waals surface area contributed by atoms with Gasteiger partial charge in [-0.05, 0) is 51.4 Å². The zero-order chi connectivity index (χ0) is 18.4. The average molecular weight is 402 g/mol. The number of nitrogens with one attached hydrogen (secondary N) is 1. The number of nitro benzene ring substituents is 1. The van der Waals surface area contributed by atoms with E-state index in [2.05, 4.69) is 15.2 Å². The van der Waals surface area contributed by atoms with Crippen molar-refractivity contribution in [3.8, 4) is 0 Å². The highest BCUT2D eigenvalue weighted by Gasteiger charge is 2.28. The SMILES string of the molecule is CN(C)CCCNC(=S)N=C1SCCN1c1cc(Cl)ccc1[N+](=O)[O-]. The lowest BCUT2D eigenvalue weighted by Gasteiger charge is -2.18. The Morgan fingerprint density at radius 2 is 2.32 bits per heavy atom. The van der Waals surface area contributed by atoms with Crippen LogP contribution in [-0.4, -0.2) is 59.6 Å². The van der Waals surface area contributed by atoms with Gasteiger partial charge in [0.05, 0.1) is 4.92 Å². The number of rotatable bonds is 6. The molecule has 1 aromatic carbocycles. The molecule has 1 aromatic rings. The molecular formula is C15H20ClN5O2S2. The standard InChI is InChI=1S/C15H20ClN5O2S2/c1-19(2)7-3-6-17-14(24)18-15-20(8-9-25-15)13-10-11(16)4-5-12(13)21(22)23/h4-5,10H,3,6-9H2,1-2H3,(H,17,24). The number of benzene rings is 1. The molecule has 0 atom stereocenters. The number of nitrogens with zero attached hydrogens (tertiary/aromatic N) is 4. The van der Waals surface area contributed by atoms with Crippen LogP contribution < -0.4 is 10.2 Å². The maximum atomic E-state index is 11.3. The van der Waals surface area contributed by atoms with Crippen LogP contribution in [0.15, 0.2) is 23.2 Å². The predicted molar refractivity (Wildman–Crippen MR) is 109 cm³/mol. The third-order valence-corrected chi connectivity index (χ3v) is 4.88. The van der Waals surface area contributed by atoms with Gasteiger partial charge in [0, 0.05) is 29.9 Å². The number of hydrogen-bond donors (Lipinski definition) is 1. The first-order chi connectivity index (χ1) is 11.9. The summed E-state index contributed by atoms with van der Waals surface area (Å²) in [6.45, 7) is 2.31. The highest BCUT2D eigenvalue weighted by molar-refractivity contribution is 8.14. The lowest BCUT2D eigenvalue weighted by Crippen LogP contribution is -2.29. The van der Waals surface area contributed by atoms with Crippen molar-refractivity contribution in [1.82, 2.24) is 10.2 Å². The van der Waals surface area contributed by atoms with E-state index in [0.717, 1.165) is 25.3 Å². The summed E-state index contributed by atoms with van der Waals surface area (Å²) in [7, 11) is 4.03. The molecule has 0 amide bonds. The van der Waals surface area contributed by atoms with Crippen molar-refractivity contribution in [3.63, 3.8) is 0 Å². The van der Waals surface area contributed by atoms with Crippen molar-refractivity contribution >= 4 is 57.2 Å². The van der Waals surface area contributed by atoms with Gasteiger partial charge in [-0.2, -0.15) is 4.99 Å². The van der Waals surface area contributed by atoms with Crippen LogP contribution >= 0.6 is 35.6 Å². The molecule has 0 spiro atoms. The number of hydrogen-bond acceptors (Lipinski definition) is 5. The summed E-state index contributed by atoms with van der Waals surface area (Å²) in [4.78, 5) is 19.2. The first-order valence-corrected chi connectivity index (χ1v) is 9.51. The molecule has 0 aliphatic carbocycles. The second-order valence-electron chi connectivity index (χ2n) is 5.67. The van der Waals surface area contributed by atoms with E-state index in [9.17, 15) is 10.1 Å². The van der Waals surface area contributed by atoms with Crippen molar-refractivity contribution in [2.24, 2.45) is 4.99 Å². The molecule has 1 aliphatic heterocycles. The molecule has 1 aliphatic rings. The first kappa shape index (κ1) is 19.9. The monoisotopic (exact) mass is 401 g/mol. The highest BCUT2D eigenvalue weighted by Crippen LogP contribution is 2.35. The lowest BCUT2D eigenvalue weighted by molar-refractivity contribution is -0.384. The summed E-state index contributed by atoms with van der Waals surface area (Å²) in [6, 6.07) is 4.52. The Kier molecular flexibility index (Phi) is 7.42. The zero-order valence-corrected chi connectivity index (χ0v) is 16.5. The molecule has 0 aromatic heterocycles. The minimum absolute atomic E-state index is 0.00413. The van der Waals surface area contributed by atoms with Crippen LogP contribution in [-0.2, 0) is 0 Å². The van der Waals surface area contributed by atoms with E-state index >= 15 is 0 Å². The predicted octanol–water partition coefficient (Wildman–Crippen LogP) is 2.98. The van der Waals surface area contributed by atoms with Gasteiger partial charge in [-0.15, -0.1) is 0 Å². The van der Waals surface area contributed by atoms with E-state index < -0.39 is 4.92 Å². The van der Waals surface area contributed by atoms with Crippen molar-refractivity contribution < 1.29 is 4.92 Å². The Labute approximate surface area is 161 Å². The first-order valence-electron chi connectivity index (χ1n) is 7.74. The van der Waals surface area contributed by atoms with Gasteiger partial charge < -0.3 is 15.1 Å². The van der Waals surface area contributed by atoms with Crippen LogP contribution in [0, 0.1) is 10.1 Å². The van der Waals surface area contributed by atoms with E-state index in [1.165, 1.54) is 23.9 Å². The van der Waals surface area contributed by atoms with E-state index in [1.54, 1.807) is 11.0 Å². The summed E-state index contributed by atoms with van der Waals surface area (Å²) < 4.78 is 0. The fraction of sp³-hybridized carbons (Fsp3) is 0.467. The lowest BCUT2D eigenvalue weighted by atomic mass is 10.2. The van der Waals surface area contributed by atoms with Crippen molar-refractivity contribution in [2.75, 3.05) is 44.4 Å². The third-order valence-electron chi connectivity index (χ3n) is 3.46. The number of halogens is 1. The molecule has 0 radical (unpaired) electrons. The van der Waals surface area contributed by atoms with E-state index in [-0.39, 0.29) is 5.69 Å². The van der Waals surface area contributed by atoms with E-state index in [4.69, 9.17) is 23.8 Å². The van der Waals surface area contributed by atoms with Gasteiger partial charge in [-0.25, -0.2) is 0 Å². The second-order valence-corrected chi connectivity index (χ2v) is 7.56. The minimum Gasteiger partial charge on any atom is -0.361 e. The summed E-state index contributed by atoms with van der Waals surface area (Å²) in [6.07, 6.45) is 0.953. The molecule has 10 heteroatoms. The van der Waals surface area contributed by atoms with Gasteiger partial charge in [0.1, 0.15) is 5.69 Å². The minimum atomic E-state index is -0.413. The van der Waals surface area contributed by atoms with Crippen LogP contribution in [0.4, 0.5) is 11.4 Å². The maximum absolute atomic E-state index is 11.3. The number of thiocarbonyl (C=S) groups is 1. The molecule has 0 unspecified atom stereocenters.